The Labute approximate surface area is 232 Å². The predicted octanol–water partition coefficient (Wildman–Crippen LogP) is 7.73. The molecule has 0 bridgehead atoms. The Hall–Kier alpha value is -2.09. The molecule has 3 atom stereocenters. The molecule has 1 saturated carbocycles. The number of alkyl halides is 2. The number of piperidine rings is 1. The normalized spacial score (nSPS) is 21.4. The maximum atomic E-state index is 13.1. The monoisotopic (exact) mass is 567 g/mol. The fourth-order valence-corrected chi connectivity index (χ4v) is 6.83. The molecule has 38 heavy (non-hydrogen) atoms. The number of carboxylic acid groups (broad SMARTS) is 1. The van der Waals surface area contributed by atoms with E-state index in [0.717, 1.165) is 68.5 Å². The number of rotatable bonds is 8. The molecule has 3 aliphatic rings. The molecule has 9 heteroatoms. The number of aliphatic carboxylic acids is 1. The van der Waals surface area contributed by atoms with Gasteiger partial charge in [-0.25, -0.2) is 0 Å². The highest BCUT2D eigenvalue weighted by Crippen LogP contribution is 2.49. The minimum atomic E-state index is -2.98. The van der Waals surface area contributed by atoms with Crippen LogP contribution in [0.1, 0.15) is 74.6 Å². The lowest BCUT2D eigenvalue weighted by atomic mass is 9.80. The molecule has 1 N–H and O–H groups in total. The minimum Gasteiger partial charge on any atom is -0.487 e. The Morgan fingerprint density at radius 3 is 2.47 bits per heavy atom. The van der Waals surface area contributed by atoms with Crippen molar-refractivity contribution >= 4 is 29.2 Å². The summed E-state index contributed by atoms with van der Waals surface area (Å²) < 4.78 is 37.6. The van der Waals surface area contributed by atoms with Gasteiger partial charge in [-0.3, -0.25) is 9.69 Å². The third kappa shape index (κ3) is 5.61. The molecule has 3 unspecified atom stereocenters. The molecular formula is C29H33Cl2F2NO4. The van der Waals surface area contributed by atoms with Gasteiger partial charge < -0.3 is 14.6 Å². The number of nitrogens with zero attached hydrogens (tertiary/aromatic N) is 1. The number of likely N-dealkylation sites (tertiary alicyclic amines) is 1. The molecule has 0 radical (unpaired) electrons. The lowest BCUT2D eigenvalue weighted by molar-refractivity contribution is -0.142. The molecule has 2 aromatic carbocycles. The smallest absolute Gasteiger partial charge is 0.387 e. The van der Waals surface area contributed by atoms with Crippen molar-refractivity contribution in [3.63, 3.8) is 0 Å². The Morgan fingerprint density at radius 1 is 1.13 bits per heavy atom. The van der Waals surface area contributed by atoms with Gasteiger partial charge in [0.15, 0.2) is 0 Å². The maximum absolute atomic E-state index is 13.1. The van der Waals surface area contributed by atoms with Gasteiger partial charge in [-0.1, -0.05) is 42.3 Å². The number of hydrogen-bond donors (Lipinski definition) is 1. The first-order valence-electron chi connectivity index (χ1n) is 13.3. The van der Waals surface area contributed by atoms with Gasteiger partial charge in [-0.2, -0.15) is 8.78 Å². The number of benzene rings is 2. The second-order valence-electron chi connectivity index (χ2n) is 11.0. The van der Waals surface area contributed by atoms with Gasteiger partial charge in [0, 0.05) is 29.7 Å². The SMILES string of the molecule is CC(C(=O)O)C(c1ccc2c(c1)OC1(CC2)CCN(C(C)c2cc(Cl)cc(Cl)c2OC(F)F)CC1)C1CC1. The van der Waals surface area contributed by atoms with Gasteiger partial charge in [0.2, 0.25) is 0 Å². The molecule has 5 rings (SSSR count). The van der Waals surface area contributed by atoms with Gasteiger partial charge in [0.25, 0.3) is 0 Å². The first-order valence-corrected chi connectivity index (χ1v) is 14.0. The highest BCUT2D eigenvalue weighted by Gasteiger charge is 2.42. The average Bonchev–Trinajstić information content (AvgIpc) is 3.70. The van der Waals surface area contributed by atoms with E-state index in [4.69, 9.17) is 32.7 Å². The molecule has 2 aromatic rings. The van der Waals surface area contributed by atoms with Crippen LogP contribution in [0.25, 0.3) is 0 Å². The Kier molecular flexibility index (Phi) is 7.82. The van der Waals surface area contributed by atoms with E-state index in [0.29, 0.717) is 16.5 Å². The third-order valence-corrected chi connectivity index (χ3v) is 9.16. The molecule has 0 amide bonds. The summed E-state index contributed by atoms with van der Waals surface area (Å²) in [6.45, 7) is 2.20. The summed E-state index contributed by atoms with van der Waals surface area (Å²) in [5.74, 6) is 0.0441. The van der Waals surface area contributed by atoms with Gasteiger partial charge in [-0.05, 0) is 86.6 Å². The van der Waals surface area contributed by atoms with E-state index in [-0.39, 0.29) is 28.3 Å². The number of fused-ring (bicyclic) bond motifs is 1. The number of carboxylic acids is 1. The van der Waals surface area contributed by atoms with Crippen molar-refractivity contribution in [3.05, 3.63) is 57.1 Å². The van der Waals surface area contributed by atoms with Crippen molar-refractivity contribution < 1.29 is 28.2 Å². The van der Waals surface area contributed by atoms with Gasteiger partial charge >= 0.3 is 12.6 Å². The van der Waals surface area contributed by atoms with Crippen LogP contribution in [0.4, 0.5) is 8.78 Å². The first kappa shape index (κ1) is 27.5. The molecule has 2 heterocycles. The van der Waals surface area contributed by atoms with E-state index < -0.39 is 18.5 Å². The van der Waals surface area contributed by atoms with Crippen molar-refractivity contribution in [1.29, 1.82) is 0 Å². The topological polar surface area (TPSA) is 59.0 Å². The summed E-state index contributed by atoms with van der Waals surface area (Å²) in [6.07, 6.45) is 5.53. The average molecular weight is 568 g/mol. The van der Waals surface area contributed by atoms with E-state index >= 15 is 0 Å². The third-order valence-electron chi connectivity index (χ3n) is 8.66. The number of ether oxygens (including phenoxy) is 2. The van der Waals surface area contributed by atoms with Gasteiger partial charge in [0.05, 0.1) is 10.9 Å². The number of carbonyl (C=O) groups is 1. The summed E-state index contributed by atoms with van der Waals surface area (Å²) >= 11 is 12.4. The molecule has 2 aliphatic heterocycles. The van der Waals surface area contributed by atoms with Crippen LogP contribution >= 0.6 is 23.2 Å². The second kappa shape index (κ2) is 10.8. The Morgan fingerprint density at radius 2 is 1.84 bits per heavy atom. The lowest BCUT2D eigenvalue weighted by Gasteiger charge is -2.46. The van der Waals surface area contributed by atoms with Crippen LogP contribution in [0, 0.1) is 11.8 Å². The van der Waals surface area contributed by atoms with Crippen LogP contribution in [0.3, 0.4) is 0 Å². The van der Waals surface area contributed by atoms with E-state index in [1.807, 2.05) is 6.92 Å². The summed E-state index contributed by atoms with van der Waals surface area (Å²) in [4.78, 5) is 14.0. The summed E-state index contributed by atoms with van der Waals surface area (Å²) in [5.41, 5.74) is 2.45. The van der Waals surface area contributed by atoms with Crippen LogP contribution in [0.15, 0.2) is 30.3 Å². The van der Waals surface area contributed by atoms with Crippen LogP contribution in [-0.4, -0.2) is 41.3 Å². The highest BCUT2D eigenvalue weighted by molar-refractivity contribution is 6.35. The molecule has 5 nitrogen and oxygen atoms in total. The summed E-state index contributed by atoms with van der Waals surface area (Å²) in [6, 6.07) is 9.10. The van der Waals surface area contributed by atoms with Crippen LogP contribution in [-0.2, 0) is 11.2 Å². The Balaban J connectivity index is 1.31. The summed E-state index contributed by atoms with van der Waals surface area (Å²) in [7, 11) is 0. The number of hydrogen-bond acceptors (Lipinski definition) is 4. The van der Waals surface area contributed by atoms with E-state index in [9.17, 15) is 18.7 Å². The molecule has 206 valence electrons. The summed E-state index contributed by atoms with van der Waals surface area (Å²) in [5, 5.41) is 10.1. The van der Waals surface area contributed by atoms with Crippen molar-refractivity contribution in [2.45, 2.75) is 76.5 Å². The fourth-order valence-electron chi connectivity index (χ4n) is 6.28. The van der Waals surface area contributed by atoms with E-state index in [2.05, 4.69) is 23.1 Å². The first-order chi connectivity index (χ1) is 18.1. The van der Waals surface area contributed by atoms with Crippen molar-refractivity contribution in [3.8, 4) is 11.5 Å². The van der Waals surface area contributed by atoms with E-state index in [1.165, 1.54) is 6.07 Å². The van der Waals surface area contributed by atoms with E-state index in [1.54, 1.807) is 13.0 Å². The molecular weight excluding hydrogens is 535 g/mol. The van der Waals surface area contributed by atoms with Crippen molar-refractivity contribution in [2.75, 3.05) is 13.1 Å². The molecule has 1 aliphatic carbocycles. The van der Waals surface area contributed by atoms with Crippen molar-refractivity contribution in [1.82, 2.24) is 4.90 Å². The molecule has 1 saturated heterocycles. The van der Waals surface area contributed by atoms with Gasteiger partial charge in [-0.15, -0.1) is 0 Å². The minimum absolute atomic E-state index is 0.00357. The lowest BCUT2D eigenvalue weighted by Crippen LogP contribution is -2.50. The zero-order valence-corrected chi connectivity index (χ0v) is 23.1. The second-order valence-corrected chi connectivity index (χ2v) is 11.9. The predicted molar refractivity (Wildman–Crippen MR) is 143 cm³/mol. The maximum Gasteiger partial charge on any atom is 0.387 e. The molecule has 1 spiro atoms. The number of aryl methyl sites for hydroxylation is 1. The zero-order valence-electron chi connectivity index (χ0n) is 21.6. The number of halogens is 4. The Bertz CT molecular complexity index is 1200. The highest BCUT2D eigenvalue weighted by atomic mass is 35.5. The fraction of sp³-hybridized carbons (Fsp3) is 0.552. The zero-order chi connectivity index (χ0) is 27.2. The van der Waals surface area contributed by atoms with Crippen LogP contribution < -0.4 is 9.47 Å². The van der Waals surface area contributed by atoms with Crippen molar-refractivity contribution in [2.24, 2.45) is 11.8 Å². The van der Waals surface area contributed by atoms with Crippen LogP contribution in [0.2, 0.25) is 10.0 Å². The quantitative estimate of drug-likeness (QED) is 0.353. The molecule has 0 aromatic heterocycles. The standard InChI is InChI=1S/C29H33Cl2F2NO4/c1-16(27(35)36)25(19-4-5-19)20-6-3-18-7-8-29(38-24(18)13-20)9-11-34(12-10-29)17(2)22-14-21(30)15-23(31)26(22)37-28(32)33/h3,6,13-17,19,25,28H,4-5,7-12H2,1-2H3,(H,35,36). The van der Waals surface area contributed by atoms with Crippen LogP contribution in [0.5, 0.6) is 11.5 Å². The van der Waals surface area contributed by atoms with Gasteiger partial charge in [0.1, 0.15) is 17.1 Å². The molecule has 2 fully saturated rings. The largest absolute Gasteiger partial charge is 0.487 e.